The highest BCUT2D eigenvalue weighted by Crippen LogP contribution is 2.32. The van der Waals surface area contributed by atoms with Crippen LogP contribution in [-0.2, 0) is 11.2 Å². The Hall–Kier alpha value is -2.43. The lowest BCUT2D eigenvalue weighted by Gasteiger charge is -2.15. The second-order valence-corrected chi connectivity index (χ2v) is 7.37. The van der Waals surface area contributed by atoms with Gasteiger partial charge in [-0.3, -0.25) is 4.79 Å². The van der Waals surface area contributed by atoms with Gasteiger partial charge < -0.3 is 10.2 Å². The van der Waals surface area contributed by atoms with Crippen molar-refractivity contribution in [2.24, 2.45) is 0 Å². The Kier molecular flexibility index (Phi) is 5.14. The summed E-state index contributed by atoms with van der Waals surface area (Å²) in [5, 5.41) is 3.36. The molecule has 4 rings (SSSR count). The Balaban J connectivity index is 1.38. The third kappa shape index (κ3) is 4.03. The summed E-state index contributed by atoms with van der Waals surface area (Å²) in [7, 11) is 0. The zero-order chi connectivity index (χ0) is 17.8. The van der Waals surface area contributed by atoms with E-state index in [1.165, 1.54) is 25.7 Å². The van der Waals surface area contributed by atoms with E-state index in [0.717, 1.165) is 48.8 Å². The lowest BCUT2D eigenvalue weighted by Crippen LogP contribution is -2.29. The quantitative estimate of drug-likeness (QED) is 0.884. The third-order valence-electron chi connectivity index (χ3n) is 5.43. The van der Waals surface area contributed by atoms with Crippen molar-refractivity contribution >= 4 is 17.4 Å². The van der Waals surface area contributed by atoms with Gasteiger partial charge in [0.2, 0.25) is 5.91 Å². The summed E-state index contributed by atoms with van der Waals surface area (Å²) < 4.78 is 0. The van der Waals surface area contributed by atoms with E-state index in [1.54, 1.807) is 0 Å². The minimum Gasteiger partial charge on any atom is -0.342 e. The molecule has 1 saturated carbocycles. The summed E-state index contributed by atoms with van der Waals surface area (Å²) in [5.41, 5.74) is 2.04. The van der Waals surface area contributed by atoms with Crippen LogP contribution in [0.5, 0.6) is 0 Å². The summed E-state index contributed by atoms with van der Waals surface area (Å²) in [4.78, 5) is 23.4. The molecule has 0 unspecified atom stereocenters. The van der Waals surface area contributed by atoms with Gasteiger partial charge >= 0.3 is 0 Å². The van der Waals surface area contributed by atoms with Gasteiger partial charge in [0.05, 0.1) is 6.42 Å². The number of hydrogen-bond acceptors (Lipinski definition) is 4. The highest BCUT2D eigenvalue weighted by molar-refractivity contribution is 5.79. The zero-order valence-electron chi connectivity index (χ0n) is 15.2. The van der Waals surface area contributed by atoms with Crippen LogP contribution >= 0.6 is 0 Å². The second-order valence-electron chi connectivity index (χ2n) is 7.37. The van der Waals surface area contributed by atoms with Gasteiger partial charge in [0, 0.05) is 30.9 Å². The Morgan fingerprint density at radius 3 is 2.50 bits per heavy atom. The molecule has 0 bridgehead atoms. The topological polar surface area (TPSA) is 58.1 Å². The number of amides is 1. The van der Waals surface area contributed by atoms with Crippen molar-refractivity contribution in [3.63, 3.8) is 0 Å². The van der Waals surface area contributed by atoms with E-state index in [4.69, 9.17) is 4.98 Å². The van der Waals surface area contributed by atoms with E-state index < -0.39 is 0 Å². The average molecular weight is 350 g/mol. The van der Waals surface area contributed by atoms with Gasteiger partial charge in [0.25, 0.3) is 0 Å². The average Bonchev–Trinajstić information content (AvgIpc) is 3.38. The number of benzene rings is 1. The van der Waals surface area contributed by atoms with Crippen LogP contribution in [0, 0.1) is 0 Å². The van der Waals surface area contributed by atoms with Gasteiger partial charge in [-0.05, 0) is 49.4 Å². The van der Waals surface area contributed by atoms with E-state index in [1.807, 2.05) is 41.4 Å². The second kappa shape index (κ2) is 7.85. The fourth-order valence-electron chi connectivity index (χ4n) is 3.93. The Morgan fingerprint density at radius 2 is 1.77 bits per heavy atom. The fraction of sp³-hybridized carbons (Fsp3) is 0.476. The van der Waals surface area contributed by atoms with Crippen LogP contribution in [0.3, 0.4) is 0 Å². The summed E-state index contributed by atoms with van der Waals surface area (Å²) in [6.07, 6.45) is 9.55. The first-order valence-electron chi connectivity index (χ1n) is 9.74. The first-order chi connectivity index (χ1) is 12.8. The lowest BCUT2D eigenvalue weighted by molar-refractivity contribution is -0.129. The van der Waals surface area contributed by atoms with E-state index in [2.05, 4.69) is 10.3 Å². The summed E-state index contributed by atoms with van der Waals surface area (Å²) >= 11 is 0. The van der Waals surface area contributed by atoms with Gasteiger partial charge in [-0.25, -0.2) is 9.97 Å². The first kappa shape index (κ1) is 17.0. The molecule has 2 aliphatic rings. The first-order valence-corrected chi connectivity index (χ1v) is 9.74. The van der Waals surface area contributed by atoms with Crippen LogP contribution in [0.2, 0.25) is 0 Å². The molecule has 0 atom stereocenters. The SMILES string of the molecule is O=C(Cc1ccc(Nc2ccnc(C3CCCC3)n2)cc1)N1CCCC1. The summed E-state index contributed by atoms with van der Waals surface area (Å²) in [6.45, 7) is 1.82. The largest absolute Gasteiger partial charge is 0.342 e. The van der Waals surface area contributed by atoms with Crippen molar-refractivity contribution in [2.75, 3.05) is 18.4 Å². The molecule has 1 aliphatic carbocycles. The molecule has 5 nitrogen and oxygen atoms in total. The molecule has 2 aromatic rings. The predicted molar refractivity (Wildman–Crippen MR) is 102 cm³/mol. The van der Waals surface area contributed by atoms with Gasteiger partial charge in [0.15, 0.2) is 0 Å². The van der Waals surface area contributed by atoms with Crippen LogP contribution in [0.15, 0.2) is 36.5 Å². The normalized spacial score (nSPS) is 17.6. The maximum absolute atomic E-state index is 12.2. The van der Waals surface area contributed by atoms with Gasteiger partial charge in [-0.1, -0.05) is 25.0 Å². The van der Waals surface area contributed by atoms with Gasteiger partial charge in [-0.15, -0.1) is 0 Å². The third-order valence-corrected chi connectivity index (χ3v) is 5.43. The van der Waals surface area contributed by atoms with Crippen LogP contribution in [0.25, 0.3) is 0 Å². The van der Waals surface area contributed by atoms with Crippen molar-refractivity contribution in [1.29, 1.82) is 0 Å². The molecule has 1 saturated heterocycles. The number of nitrogens with one attached hydrogen (secondary N) is 1. The number of anilines is 2. The summed E-state index contributed by atoms with van der Waals surface area (Å²) in [5.74, 6) is 2.54. The molecule has 26 heavy (non-hydrogen) atoms. The smallest absolute Gasteiger partial charge is 0.226 e. The van der Waals surface area contributed by atoms with Crippen LogP contribution < -0.4 is 5.32 Å². The number of carbonyl (C=O) groups is 1. The lowest BCUT2D eigenvalue weighted by atomic mass is 10.1. The maximum Gasteiger partial charge on any atom is 0.226 e. The number of likely N-dealkylation sites (tertiary alicyclic amines) is 1. The molecule has 136 valence electrons. The number of carbonyl (C=O) groups excluding carboxylic acids is 1. The van der Waals surface area contributed by atoms with E-state index in [-0.39, 0.29) is 5.91 Å². The molecule has 2 fully saturated rings. The molecule has 1 amide bonds. The number of hydrogen-bond donors (Lipinski definition) is 1. The molecule has 1 aromatic carbocycles. The van der Waals surface area contributed by atoms with E-state index >= 15 is 0 Å². The van der Waals surface area contributed by atoms with Crippen molar-refractivity contribution in [3.05, 3.63) is 47.9 Å². The van der Waals surface area contributed by atoms with Crippen LogP contribution in [-0.4, -0.2) is 33.9 Å². The van der Waals surface area contributed by atoms with Crippen LogP contribution in [0.1, 0.15) is 55.8 Å². The number of aromatic nitrogens is 2. The Bertz CT molecular complexity index is 747. The molecule has 1 aliphatic heterocycles. The molecular formula is C21H26N4O. The van der Waals surface area contributed by atoms with Crippen molar-refractivity contribution in [3.8, 4) is 0 Å². The highest BCUT2D eigenvalue weighted by Gasteiger charge is 2.20. The highest BCUT2D eigenvalue weighted by atomic mass is 16.2. The van der Waals surface area contributed by atoms with Crippen molar-refractivity contribution < 1.29 is 4.79 Å². The van der Waals surface area contributed by atoms with E-state index in [9.17, 15) is 4.79 Å². The predicted octanol–water partition coefficient (Wildman–Crippen LogP) is 4.04. The molecule has 0 radical (unpaired) electrons. The molecule has 1 aromatic heterocycles. The standard InChI is InChI=1S/C21H26N4O/c26-20(25-13-3-4-14-25)15-16-7-9-18(10-8-16)23-19-11-12-22-21(24-19)17-5-1-2-6-17/h7-12,17H,1-6,13-15H2,(H,22,23,24). The zero-order valence-corrected chi connectivity index (χ0v) is 15.2. The molecule has 5 heteroatoms. The molecular weight excluding hydrogens is 324 g/mol. The molecule has 0 spiro atoms. The van der Waals surface area contributed by atoms with Crippen molar-refractivity contribution in [1.82, 2.24) is 14.9 Å². The van der Waals surface area contributed by atoms with Gasteiger partial charge in [-0.2, -0.15) is 0 Å². The summed E-state index contributed by atoms with van der Waals surface area (Å²) in [6, 6.07) is 9.99. The van der Waals surface area contributed by atoms with Gasteiger partial charge in [0.1, 0.15) is 11.6 Å². The Morgan fingerprint density at radius 1 is 1.04 bits per heavy atom. The number of rotatable bonds is 5. The molecule has 2 heterocycles. The van der Waals surface area contributed by atoms with Crippen molar-refractivity contribution in [2.45, 2.75) is 50.9 Å². The monoisotopic (exact) mass is 350 g/mol. The minimum atomic E-state index is 0.236. The minimum absolute atomic E-state index is 0.236. The van der Waals surface area contributed by atoms with Crippen LogP contribution in [0.4, 0.5) is 11.5 Å². The number of nitrogens with zero attached hydrogens (tertiary/aromatic N) is 3. The Labute approximate surface area is 154 Å². The van der Waals surface area contributed by atoms with E-state index in [0.29, 0.717) is 12.3 Å². The molecule has 1 N–H and O–H groups in total. The fourth-order valence-corrected chi connectivity index (χ4v) is 3.93. The maximum atomic E-state index is 12.2.